The van der Waals surface area contributed by atoms with Crippen LogP contribution in [0.2, 0.25) is 0 Å². The zero-order valence-corrected chi connectivity index (χ0v) is 13.3. The molecule has 0 unspecified atom stereocenters. The number of methoxy groups -OCH3 is 1. The smallest absolute Gasteiger partial charge is 0.331 e. The van der Waals surface area contributed by atoms with Crippen molar-refractivity contribution >= 4 is 11.8 Å². The molecule has 0 saturated carbocycles. The molecular weight excluding hydrogens is 268 g/mol. The monoisotopic (exact) mass is 296 g/mol. The zero-order valence-electron chi connectivity index (χ0n) is 13.3. The van der Waals surface area contributed by atoms with Gasteiger partial charge in [0.2, 0.25) is 0 Å². The maximum Gasteiger partial charge on any atom is 0.331 e. The van der Waals surface area contributed by atoms with Crippen molar-refractivity contribution in [1.82, 2.24) is 0 Å². The van der Waals surface area contributed by atoms with E-state index in [1.54, 1.807) is 0 Å². The molecule has 0 radical (unpaired) electrons. The fraction of sp³-hybridized carbons (Fsp3) is 0.765. The van der Waals surface area contributed by atoms with Gasteiger partial charge in [0.05, 0.1) is 6.10 Å². The molecule has 0 fully saturated rings. The molecule has 0 bridgehead atoms. The molecule has 0 aliphatic carbocycles. The van der Waals surface area contributed by atoms with E-state index in [1.807, 2.05) is 6.92 Å². The van der Waals surface area contributed by atoms with Crippen molar-refractivity contribution < 1.29 is 19.1 Å². The molecule has 1 aliphatic heterocycles. The van der Waals surface area contributed by atoms with Crippen molar-refractivity contribution in [1.29, 1.82) is 0 Å². The van der Waals surface area contributed by atoms with E-state index in [2.05, 4.69) is 0 Å². The van der Waals surface area contributed by atoms with E-state index in [1.165, 1.54) is 44.9 Å². The van der Waals surface area contributed by atoms with Crippen molar-refractivity contribution in [3.05, 3.63) is 12.2 Å². The molecule has 1 rings (SSSR count). The van der Waals surface area contributed by atoms with Crippen LogP contribution < -0.4 is 0 Å². The Hall–Kier alpha value is -1.16. The van der Waals surface area contributed by atoms with Crippen molar-refractivity contribution in [2.75, 3.05) is 7.11 Å². The lowest BCUT2D eigenvalue weighted by Crippen LogP contribution is -2.21. The Morgan fingerprint density at radius 2 is 1.52 bits per heavy atom. The van der Waals surface area contributed by atoms with Crippen LogP contribution in [0.1, 0.15) is 64.7 Å². The molecule has 0 aromatic heterocycles. The minimum Gasteiger partial charge on any atom is -0.460 e. The highest BCUT2D eigenvalue weighted by Gasteiger charge is 2.15. The van der Waals surface area contributed by atoms with Crippen LogP contribution in [0.4, 0.5) is 0 Å². The third-order valence-electron chi connectivity index (χ3n) is 3.88. The predicted octanol–water partition coefficient (Wildman–Crippen LogP) is 3.58. The Kier molecular flexibility index (Phi) is 8.99. The van der Waals surface area contributed by atoms with Gasteiger partial charge in [-0.2, -0.15) is 0 Å². The molecule has 0 spiro atoms. The number of rotatable bonds is 1. The maximum atomic E-state index is 11.9. The van der Waals surface area contributed by atoms with E-state index in [9.17, 15) is 9.59 Å². The average Bonchev–Trinajstić information content (AvgIpc) is 2.46. The van der Waals surface area contributed by atoms with E-state index < -0.39 is 12.1 Å². The van der Waals surface area contributed by atoms with Crippen LogP contribution in [0.3, 0.4) is 0 Å². The normalized spacial score (nSPS) is 27.3. The van der Waals surface area contributed by atoms with Gasteiger partial charge in [-0.15, -0.1) is 0 Å². The summed E-state index contributed by atoms with van der Waals surface area (Å²) in [7, 11) is 1.54. The van der Waals surface area contributed by atoms with Gasteiger partial charge in [-0.25, -0.2) is 4.79 Å². The lowest BCUT2D eigenvalue weighted by Gasteiger charge is -2.13. The molecule has 0 N–H and O–H groups in total. The van der Waals surface area contributed by atoms with Gasteiger partial charge < -0.3 is 9.47 Å². The second kappa shape index (κ2) is 10.6. The van der Waals surface area contributed by atoms with Crippen molar-refractivity contribution in [3.63, 3.8) is 0 Å². The first-order chi connectivity index (χ1) is 10.1. The van der Waals surface area contributed by atoms with Crippen LogP contribution in [0, 0.1) is 0 Å². The summed E-state index contributed by atoms with van der Waals surface area (Å²) in [6, 6.07) is 0. The number of esters is 1. The Bertz CT molecular complexity index is 349. The first-order valence-electron chi connectivity index (χ1n) is 8.09. The highest BCUT2D eigenvalue weighted by molar-refractivity contribution is 5.98. The number of carbonyl (C=O) groups excluding carboxylic acids is 2. The topological polar surface area (TPSA) is 52.6 Å². The quantitative estimate of drug-likeness (QED) is 0.694. The minimum absolute atomic E-state index is 0.0941. The standard InChI is InChI=1S/C17H28O4/c1-14-10-8-6-4-3-5-7-9-11-16(20-2)15(18)12-13-17(19)21-14/h12-14,16H,3-11H2,1-2H3/t14-,16-/m1/s1. The molecule has 4 heteroatoms. The average molecular weight is 296 g/mol. The van der Waals surface area contributed by atoms with Crippen molar-refractivity contribution in [3.8, 4) is 0 Å². The Morgan fingerprint density at radius 3 is 2.14 bits per heavy atom. The third kappa shape index (κ3) is 8.00. The molecule has 1 heterocycles. The molecule has 0 amide bonds. The molecule has 4 nitrogen and oxygen atoms in total. The molecule has 120 valence electrons. The lowest BCUT2D eigenvalue weighted by molar-refractivity contribution is -0.142. The van der Waals surface area contributed by atoms with Gasteiger partial charge >= 0.3 is 5.97 Å². The predicted molar refractivity (Wildman–Crippen MR) is 82.1 cm³/mol. The molecule has 0 aromatic rings. The van der Waals surface area contributed by atoms with Crippen LogP contribution in [-0.2, 0) is 19.1 Å². The second-order valence-electron chi connectivity index (χ2n) is 5.76. The van der Waals surface area contributed by atoms with Crippen LogP contribution in [0.5, 0.6) is 0 Å². The largest absolute Gasteiger partial charge is 0.460 e. The molecule has 0 saturated heterocycles. The van der Waals surface area contributed by atoms with Crippen LogP contribution in [0.25, 0.3) is 0 Å². The molecule has 2 atom stereocenters. The maximum absolute atomic E-state index is 11.9. The number of hydrogen-bond donors (Lipinski definition) is 0. The molecular formula is C17H28O4. The number of ketones is 1. The summed E-state index contributed by atoms with van der Waals surface area (Å²) in [4.78, 5) is 23.6. The van der Waals surface area contributed by atoms with E-state index >= 15 is 0 Å². The summed E-state index contributed by atoms with van der Waals surface area (Å²) < 4.78 is 10.5. The van der Waals surface area contributed by atoms with Gasteiger partial charge in [-0.05, 0) is 32.3 Å². The molecule has 1 aliphatic rings. The highest BCUT2D eigenvalue weighted by Crippen LogP contribution is 2.14. The Labute approximate surface area is 127 Å². The van der Waals surface area contributed by atoms with Gasteiger partial charge in [0.1, 0.15) is 6.10 Å². The van der Waals surface area contributed by atoms with Gasteiger partial charge in [-0.1, -0.05) is 38.5 Å². The van der Waals surface area contributed by atoms with Crippen molar-refractivity contribution in [2.45, 2.75) is 76.9 Å². The third-order valence-corrected chi connectivity index (χ3v) is 3.88. The van der Waals surface area contributed by atoms with Gasteiger partial charge in [-0.3, -0.25) is 4.79 Å². The van der Waals surface area contributed by atoms with Crippen LogP contribution in [0.15, 0.2) is 12.2 Å². The molecule has 21 heavy (non-hydrogen) atoms. The molecule has 0 aromatic carbocycles. The SMILES string of the molecule is CO[C@@H]1CCCCCCCCC[C@@H](C)OC(=O)C=CC1=O. The summed E-state index contributed by atoms with van der Waals surface area (Å²) in [5.41, 5.74) is 0. The zero-order chi connectivity index (χ0) is 15.5. The Morgan fingerprint density at radius 1 is 0.952 bits per heavy atom. The summed E-state index contributed by atoms with van der Waals surface area (Å²) in [5, 5.41) is 0. The lowest BCUT2D eigenvalue weighted by atomic mass is 10.0. The van der Waals surface area contributed by atoms with Gasteiger partial charge in [0.25, 0.3) is 0 Å². The van der Waals surface area contributed by atoms with E-state index in [0.29, 0.717) is 6.42 Å². The number of cyclic esters (lactones) is 1. The summed E-state index contributed by atoms with van der Waals surface area (Å²) in [6.07, 6.45) is 11.6. The summed E-state index contributed by atoms with van der Waals surface area (Å²) in [5.74, 6) is -0.605. The first kappa shape index (κ1) is 17.9. The second-order valence-corrected chi connectivity index (χ2v) is 5.76. The van der Waals surface area contributed by atoms with E-state index in [4.69, 9.17) is 9.47 Å². The van der Waals surface area contributed by atoms with Gasteiger partial charge in [0.15, 0.2) is 5.78 Å². The highest BCUT2D eigenvalue weighted by atomic mass is 16.5. The van der Waals surface area contributed by atoms with E-state index in [-0.39, 0.29) is 11.9 Å². The minimum atomic E-state index is -0.446. The van der Waals surface area contributed by atoms with Crippen LogP contribution >= 0.6 is 0 Å². The van der Waals surface area contributed by atoms with E-state index in [0.717, 1.165) is 25.7 Å². The first-order valence-corrected chi connectivity index (χ1v) is 8.09. The van der Waals surface area contributed by atoms with Crippen LogP contribution in [-0.4, -0.2) is 31.1 Å². The summed E-state index contributed by atoms with van der Waals surface area (Å²) >= 11 is 0. The Balaban J connectivity index is 2.58. The van der Waals surface area contributed by atoms with Gasteiger partial charge in [0, 0.05) is 13.2 Å². The van der Waals surface area contributed by atoms with Crippen molar-refractivity contribution in [2.24, 2.45) is 0 Å². The summed E-state index contributed by atoms with van der Waals surface area (Å²) in [6.45, 7) is 1.90. The number of carbonyl (C=O) groups is 2. The fourth-order valence-electron chi connectivity index (χ4n) is 2.58. The number of ether oxygens (including phenoxy) is 2. The number of hydrogen-bond acceptors (Lipinski definition) is 4. The fourth-order valence-corrected chi connectivity index (χ4v) is 2.58.